The molecule has 88 valence electrons. The molecule has 0 bridgehead atoms. The molecule has 0 aliphatic rings. The van der Waals surface area contributed by atoms with E-state index in [2.05, 4.69) is 39.0 Å². The first-order valence-corrected chi connectivity index (χ1v) is 8.68. The molecule has 0 aliphatic carbocycles. The predicted octanol–water partition coefficient (Wildman–Crippen LogP) is 4.68. The summed E-state index contributed by atoms with van der Waals surface area (Å²) in [6.07, 6.45) is 3.96. The van der Waals surface area contributed by atoms with E-state index in [0.29, 0.717) is 0 Å². The zero-order valence-electron chi connectivity index (χ0n) is 10.6. The van der Waals surface area contributed by atoms with Gasteiger partial charge in [-0.05, 0) is 29.8 Å². The molecule has 16 heavy (non-hydrogen) atoms. The van der Waals surface area contributed by atoms with Gasteiger partial charge in [-0.2, -0.15) is 0 Å². The second-order valence-electron chi connectivity index (χ2n) is 4.07. The zero-order chi connectivity index (χ0) is 11.9. The molecule has 0 amide bonds. The first kappa shape index (κ1) is 13.0. The summed E-state index contributed by atoms with van der Waals surface area (Å²) in [7, 11) is -1.46. The van der Waals surface area contributed by atoms with Gasteiger partial charge in [-0.3, -0.25) is 0 Å². The first-order valence-electron chi connectivity index (χ1n) is 6.15. The molecule has 0 spiro atoms. The Bertz CT molecular complexity index is 307. The predicted molar refractivity (Wildman–Crippen MR) is 73.8 cm³/mol. The van der Waals surface area contributed by atoms with Gasteiger partial charge in [0, 0.05) is 0 Å². The van der Waals surface area contributed by atoms with Crippen molar-refractivity contribution in [1.82, 2.24) is 0 Å². The van der Waals surface area contributed by atoms with Crippen molar-refractivity contribution < 1.29 is 4.43 Å². The maximum absolute atomic E-state index is 6.04. The summed E-state index contributed by atoms with van der Waals surface area (Å²) in [6, 6.07) is 13.9. The van der Waals surface area contributed by atoms with Gasteiger partial charge in [-0.25, -0.2) is 0 Å². The second kappa shape index (κ2) is 6.54. The Morgan fingerprint density at radius 3 is 2.06 bits per heavy atom. The van der Waals surface area contributed by atoms with Gasteiger partial charge in [0.05, 0.1) is 6.26 Å². The molecule has 0 fully saturated rings. The number of hydrogen-bond donors (Lipinski definition) is 0. The smallest absolute Gasteiger partial charge is 0.249 e. The highest BCUT2D eigenvalue weighted by molar-refractivity contribution is 6.73. The van der Waals surface area contributed by atoms with Crippen LogP contribution in [0.3, 0.4) is 0 Å². The van der Waals surface area contributed by atoms with E-state index in [1.54, 1.807) is 0 Å². The molecule has 0 aromatic heterocycles. The van der Waals surface area contributed by atoms with E-state index in [0.717, 1.165) is 0 Å². The Kier molecular flexibility index (Phi) is 5.33. The van der Waals surface area contributed by atoms with Crippen molar-refractivity contribution >= 4 is 14.4 Å². The van der Waals surface area contributed by atoms with E-state index in [4.69, 9.17) is 4.43 Å². The second-order valence-corrected chi connectivity index (χ2v) is 8.80. The van der Waals surface area contributed by atoms with E-state index in [9.17, 15) is 0 Å². The highest BCUT2D eigenvalue weighted by atomic mass is 28.4. The zero-order valence-corrected chi connectivity index (χ0v) is 11.6. The van der Waals surface area contributed by atoms with Crippen molar-refractivity contribution in [3.05, 3.63) is 42.2 Å². The van der Waals surface area contributed by atoms with E-state index in [1.807, 2.05) is 24.5 Å². The van der Waals surface area contributed by atoms with Crippen LogP contribution in [0.15, 0.2) is 36.6 Å². The molecule has 1 aromatic rings. The lowest BCUT2D eigenvalue weighted by molar-refractivity contribution is 0.462. The third-order valence-corrected chi connectivity index (χ3v) is 7.81. The van der Waals surface area contributed by atoms with Crippen LogP contribution in [-0.4, -0.2) is 8.32 Å². The minimum atomic E-state index is -1.46. The number of benzene rings is 1. The van der Waals surface area contributed by atoms with Gasteiger partial charge >= 0.3 is 0 Å². The van der Waals surface area contributed by atoms with Crippen molar-refractivity contribution in [3.8, 4) is 0 Å². The Hall–Kier alpha value is -1.02. The van der Waals surface area contributed by atoms with Crippen molar-refractivity contribution in [3.63, 3.8) is 0 Å². The molecule has 0 unspecified atom stereocenters. The van der Waals surface area contributed by atoms with E-state index >= 15 is 0 Å². The molecule has 0 saturated carbocycles. The normalized spacial score (nSPS) is 11.9. The fraction of sp³-hybridized carbons (Fsp3) is 0.429. The van der Waals surface area contributed by atoms with Crippen LogP contribution in [0.4, 0.5) is 0 Å². The highest BCUT2D eigenvalue weighted by Crippen LogP contribution is 2.22. The largest absolute Gasteiger partial charge is 0.549 e. The fourth-order valence-electron chi connectivity index (χ4n) is 1.82. The Labute approximate surface area is 100 Å². The molecule has 0 N–H and O–H groups in total. The van der Waals surface area contributed by atoms with Crippen LogP contribution in [0, 0.1) is 0 Å². The van der Waals surface area contributed by atoms with Crippen molar-refractivity contribution in [2.24, 2.45) is 0 Å². The van der Waals surface area contributed by atoms with Crippen molar-refractivity contribution in [2.45, 2.75) is 38.9 Å². The van der Waals surface area contributed by atoms with Crippen molar-refractivity contribution in [1.29, 1.82) is 0 Å². The molecule has 0 saturated heterocycles. The standard InChI is InChI=1S/C14H22OSi/c1-4-16(5-2,6-3)15-13-12-14-10-8-7-9-11-14/h7-13H,4-6H2,1-3H3. The maximum Gasteiger partial charge on any atom is 0.249 e. The summed E-state index contributed by atoms with van der Waals surface area (Å²) < 4.78 is 6.04. The third kappa shape index (κ3) is 3.53. The molecule has 1 aromatic carbocycles. The number of hydrogen-bond acceptors (Lipinski definition) is 1. The molecule has 0 heterocycles. The topological polar surface area (TPSA) is 9.23 Å². The van der Waals surface area contributed by atoms with Crippen LogP contribution in [0.5, 0.6) is 0 Å². The van der Waals surface area contributed by atoms with E-state index in [-0.39, 0.29) is 0 Å². The summed E-state index contributed by atoms with van der Waals surface area (Å²) in [4.78, 5) is 0. The van der Waals surface area contributed by atoms with Gasteiger partial charge < -0.3 is 4.43 Å². The highest BCUT2D eigenvalue weighted by Gasteiger charge is 2.28. The Morgan fingerprint density at radius 2 is 1.56 bits per heavy atom. The number of rotatable bonds is 6. The average molecular weight is 234 g/mol. The molecule has 0 atom stereocenters. The summed E-state index contributed by atoms with van der Waals surface area (Å²) in [5.41, 5.74) is 1.20. The van der Waals surface area contributed by atoms with Gasteiger partial charge in [0.1, 0.15) is 0 Å². The average Bonchev–Trinajstić information content (AvgIpc) is 2.37. The van der Waals surface area contributed by atoms with Gasteiger partial charge in [0.15, 0.2) is 0 Å². The van der Waals surface area contributed by atoms with Gasteiger partial charge in [-0.15, -0.1) is 0 Å². The van der Waals surface area contributed by atoms with Crippen LogP contribution >= 0.6 is 0 Å². The minimum Gasteiger partial charge on any atom is -0.549 e. The third-order valence-electron chi connectivity index (χ3n) is 3.31. The monoisotopic (exact) mass is 234 g/mol. The Balaban J connectivity index is 2.59. The lowest BCUT2D eigenvalue weighted by Gasteiger charge is -2.26. The summed E-state index contributed by atoms with van der Waals surface area (Å²) in [5, 5.41) is 0. The molecular weight excluding hydrogens is 212 g/mol. The maximum atomic E-state index is 6.04. The molecule has 1 nitrogen and oxygen atoms in total. The van der Waals surface area contributed by atoms with E-state index in [1.165, 1.54) is 23.7 Å². The summed E-state index contributed by atoms with van der Waals surface area (Å²) >= 11 is 0. The van der Waals surface area contributed by atoms with Gasteiger partial charge in [0.25, 0.3) is 0 Å². The van der Waals surface area contributed by atoms with Crippen LogP contribution in [0.2, 0.25) is 18.1 Å². The van der Waals surface area contributed by atoms with Crippen molar-refractivity contribution in [2.75, 3.05) is 0 Å². The fourth-order valence-corrected chi connectivity index (χ4v) is 4.18. The van der Waals surface area contributed by atoms with Crippen LogP contribution in [0.25, 0.3) is 6.08 Å². The molecule has 0 aliphatic heterocycles. The van der Waals surface area contributed by atoms with E-state index < -0.39 is 8.32 Å². The van der Waals surface area contributed by atoms with Gasteiger partial charge in [0.2, 0.25) is 8.32 Å². The minimum absolute atomic E-state index is 1.19. The van der Waals surface area contributed by atoms with Crippen LogP contribution < -0.4 is 0 Å². The molecule has 2 heteroatoms. The van der Waals surface area contributed by atoms with Crippen LogP contribution in [-0.2, 0) is 4.43 Å². The molecular formula is C14H22OSi. The lowest BCUT2D eigenvalue weighted by atomic mass is 10.2. The SMILES string of the molecule is CC[Si](CC)(CC)OC=Cc1ccccc1. The summed E-state index contributed by atoms with van der Waals surface area (Å²) in [6.45, 7) is 6.74. The quantitative estimate of drug-likeness (QED) is 0.513. The van der Waals surface area contributed by atoms with Crippen LogP contribution in [0.1, 0.15) is 26.3 Å². The Morgan fingerprint density at radius 1 is 1.00 bits per heavy atom. The first-order chi connectivity index (χ1) is 7.76. The summed E-state index contributed by atoms with van der Waals surface area (Å²) in [5.74, 6) is 0. The lowest BCUT2D eigenvalue weighted by Crippen LogP contribution is -2.33. The van der Waals surface area contributed by atoms with Gasteiger partial charge in [-0.1, -0.05) is 51.1 Å². The molecule has 0 radical (unpaired) electrons. The molecule has 1 rings (SSSR count).